The summed E-state index contributed by atoms with van der Waals surface area (Å²) in [5.74, 6) is 0.783. The first kappa shape index (κ1) is 10.9. The zero-order valence-electron chi connectivity index (χ0n) is 9.58. The fourth-order valence-electron chi connectivity index (χ4n) is 2.79. The fraction of sp³-hybridized carbons (Fsp3) is 0.917. The molecule has 1 heterocycles. The van der Waals surface area contributed by atoms with E-state index in [1.807, 2.05) is 0 Å². The Hall–Kier alpha value is -0.570. The third-order valence-corrected chi connectivity index (χ3v) is 3.71. The number of carbonyl (C=O) groups is 1. The average Bonchev–Trinajstić information content (AvgIpc) is 2.66. The third kappa shape index (κ3) is 2.71. The first-order valence-electron chi connectivity index (χ1n) is 6.14. The second-order valence-electron chi connectivity index (χ2n) is 4.92. The maximum atomic E-state index is 11.4. The lowest BCUT2D eigenvalue weighted by Crippen LogP contribution is -2.38. The highest BCUT2D eigenvalue weighted by Gasteiger charge is 2.31. The van der Waals surface area contributed by atoms with Crippen molar-refractivity contribution in [2.75, 3.05) is 20.2 Å². The normalized spacial score (nSPS) is 28.4. The van der Waals surface area contributed by atoms with E-state index in [0.29, 0.717) is 6.61 Å². The molecule has 1 saturated carbocycles. The van der Waals surface area contributed by atoms with Crippen LogP contribution in [0.15, 0.2) is 0 Å². The van der Waals surface area contributed by atoms with Crippen LogP contribution in [0.4, 0.5) is 0 Å². The summed E-state index contributed by atoms with van der Waals surface area (Å²) in [5, 5.41) is 0. The van der Waals surface area contributed by atoms with Gasteiger partial charge in [-0.25, -0.2) is 0 Å². The number of cyclic esters (lactones) is 1. The molecule has 0 N–H and O–H groups in total. The molecule has 3 nitrogen and oxygen atoms in total. The molecule has 2 fully saturated rings. The summed E-state index contributed by atoms with van der Waals surface area (Å²) < 4.78 is 5.00. The van der Waals surface area contributed by atoms with Gasteiger partial charge in [0.15, 0.2) is 0 Å². The predicted molar refractivity (Wildman–Crippen MR) is 58.6 cm³/mol. The van der Waals surface area contributed by atoms with Gasteiger partial charge in [-0.1, -0.05) is 19.3 Å². The lowest BCUT2D eigenvalue weighted by Gasteiger charge is -2.28. The molecule has 15 heavy (non-hydrogen) atoms. The number of carbonyl (C=O) groups excluding carboxylic acids is 1. The van der Waals surface area contributed by atoms with Gasteiger partial charge in [-0.2, -0.15) is 0 Å². The van der Waals surface area contributed by atoms with Gasteiger partial charge in [0.05, 0.1) is 6.61 Å². The van der Waals surface area contributed by atoms with Crippen molar-refractivity contribution in [3.05, 3.63) is 0 Å². The Kier molecular flexibility index (Phi) is 3.62. The van der Waals surface area contributed by atoms with Crippen molar-refractivity contribution in [1.29, 1.82) is 0 Å². The first-order valence-corrected chi connectivity index (χ1v) is 6.14. The van der Waals surface area contributed by atoms with Gasteiger partial charge in [-0.05, 0) is 25.8 Å². The summed E-state index contributed by atoms with van der Waals surface area (Å²) in [5.41, 5.74) is 0. The van der Waals surface area contributed by atoms with Gasteiger partial charge < -0.3 is 4.74 Å². The molecule has 3 heteroatoms. The van der Waals surface area contributed by atoms with E-state index in [0.717, 1.165) is 18.9 Å². The van der Waals surface area contributed by atoms with Crippen LogP contribution >= 0.6 is 0 Å². The predicted octanol–water partition coefficient (Wildman–Crippen LogP) is 1.81. The Labute approximate surface area is 91.8 Å². The second-order valence-corrected chi connectivity index (χ2v) is 4.92. The summed E-state index contributed by atoms with van der Waals surface area (Å²) in [4.78, 5) is 13.6. The smallest absolute Gasteiger partial charge is 0.323 e. The number of likely N-dealkylation sites (N-methyl/N-ethyl adjacent to an activating group) is 1. The first-order chi connectivity index (χ1) is 7.27. The van der Waals surface area contributed by atoms with E-state index >= 15 is 0 Å². The van der Waals surface area contributed by atoms with Crippen LogP contribution in [0.3, 0.4) is 0 Å². The molecular formula is C12H21NO2. The number of hydrogen-bond donors (Lipinski definition) is 0. The summed E-state index contributed by atoms with van der Waals surface area (Å²) in [6.07, 6.45) is 7.69. The van der Waals surface area contributed by atoms with Crippen LogP contribution in [-0.2, 0) is 9.53 Å². The van der Waals surface area contributed by atoms with Crippen LogP contribution in [0.25, 0.3) is 0 Å². The molecule has 0 amide bonds. The minimum absolute atomic E-state index is 0.0201. The largest absolute Gasteiger partial charge is 0.464 e. The highest BCUT2D eigenvalue weighted by molar-refractivity contribution is 5.77. The molecule has 1 atom stereocenters. The third-order valence-electron chi connectivity index (χ3n) is 3.71. The fourth-order valence-corrected chi connectivity index (χ4v) is 2.79. The quantitative estimate of drug-likeness (QED) is 0.667. The van der Waals surface area contributed by atoms with Gasteiger partial charge in [0.2, 0.25) is 0 Å². The molecule has 0 radical (unpaired) electrons. The lowest BCUT2D eigenvalue weighted by atomic mass is 9.89. The maximum Gasteiger partial charge on any atom is 0.323 e. The maximum absolute atomic E-state index is 11.4. The van der Waals surface area contributed by atoms with Crippen LogP contribution in [-0.4, -0.2) is 37.1 Å². The molecule has 0 bridgehead atoms. The molecule has 1 saturated heterocycles. The molecule has 2 rings (SSSR count). The monoisotopic (exact) mass is 211 g/mol. The van der Waals surface area contributed by atoms with Crippen LogP contribution in [0.1, 0.15) is 38.5 Å². The zero-order valence-corrected chi connectivity index (χ0v) is 9.58. The zero-order chi connectivity index (χ0) is 10.7. The number of esters is 1. The Balaban J connectivity index is 1.80. The van der Waals surface area contributed by atoms with Crippen molar-refractivity contribution in [3.63, 3.8) is 0 Å². The van der Waals surface area contributed by atoms with Crippen molar-refractivity contribution in [1.82, 2.24) is 4.90 Å². The highest BCUT2D eigenvalue weighted by Crippen LogP contribution is 2.25. The van der Waals surface area contributed by atoms with Crippen molar-refractivity contribution in [2.24, 2.45) is 5.92 Å². The summed E-state index contributed by atoms with van der Waals surface area (Å²) in [7, 11) is 2.06. The van der Waals surface area contributed by atoms with Gasteiger partial charge in [0.25, 0.3) is 0 Å². The van der Waals surface area contributed by atoms with Crippen LogP contribution in [0.2, 0.25) is 0 Å². The SMILES string of the molecule is CN(CC1CCCCC1)[C@@H]1CCOC1=O. The molecule has 0 unspecified atom stereocenters. The molecule has 1 aliphatic heterocycles. The van der Waals surface area contributed by atoms with E-state index in [2.05, 4.69) is 11.9 Å². The summed E-state index contributed by atoms with van der Waals surface area (Å²) >= 11 is 0. The van der Waals surface area contributed by atoms with Gasteiger partial charge in [-0.15, -0.1) is 0 Å². The molecule has 0 spiro atoms. The molecule has 86 valence electrons. The minimum Gasteiger partial charge on any atom is -0.464 e. The van der Waals surface area contributed by atoms with Gasteiger partial charge in [0.1, 0.15) is 6.04 Å². The molecule has 0 aromatic carbocycles. The van der Waals surface area contributed by atoms with E-state index in [-0.39, 0.29) is 12.0 Å². The second kappa shape index (κ2) is 4.97. The Morgan fingerprint density at radius 2 is 2.00 bits per heavy atom. The van der Waals surface area contributed by atoms with Crippen molar-refractivity contribution >= 4 is 5.97 Å². The minimum atomic E-state index is -0.0201. The van der Waals surface area contributed by atoms with Gasteiger partial charge >= 0.3 is 5.97 Å². The Morgan fingerprint density at radius 1 is 1.27 bits per heavy atom. The van der Waals surface area contributed by atoms with E-state index in [1.54, 1.807) is 0 Å². The highest BCUT2D eigenvalue weighted by atomic mass is 16.5. The van der Waals surface area contributed by atoms with Crippen molar-refractivity contribution in [2.45, 2.75) is 44.6 Å². The number of rotatable bonds is 3. The van der Waals surface area contributed by atoms with Gasteiger partial charge in [-0.3, -0.25) is 9.69 Å². The molecular weight excluding hydrogens is 190 g/mol. The van der Waals surface area contributed by atoms with Crippen LogP contribution < -0.4 is 0 Å². The number of ether oxygens (including phenoxy) is 1. The summed E-state index contributed by atoms with van der Waals surface area (Å²) in [6.45, 7) is 1.68. The standard InChI is InChI=1S/C12H21NO2/c1-13(11-7-8-15-12(11)14)9-10-5-3-2-4-6-10/h10-11H,2-9H2,1H3/t11-/m1/s1. The molecule has 2 aliphatic rings. The lowest BCUT2D eigenvalue weighted by molar-refractivity contribution is -0.142. The van der Waals surface area contributed by atoms with Crippen LogP contribution in [0, 0.1) is 5.92 Å². The van der Waals surface area contributed by atoms with Gasteiger partial charge in [0, 0.05) is 13.0 Å². The van der Waals surface area contributed by atoms with E-state index < -0.39 is 0 Å². The molecule has 0 aromatic rings. The van der Waals surface area contributed by atoms with E-state index in [4.69, 9.17) is 4.74 Å². The Bertz CT molecular complexity index is 224. The topological polar surface area (TPSA) is 29.5 Å². The van der Waals surface area contributed by atoms with Crippen molar-refractivity contribution in [3.8, 4) is 0 Å². The van der Waals surface area contributed by atoms with E-state index in [9.17, 15) is 4.79 Å². The summed E-state index contributed by atoms with van der Waals surface area (Å²) in [6, 6.07) is 0.0342. The Morgan fingerprint density at radius 3 is 2.60 bits per heavy atom. The molecule has 1 aliphatic carbocycles. The number of nitrogens with zero attached hydrogens (tertiary/aromatic N) is 1. The van der Waals surface area contributed by atoms with Crippen molar-refractivity contribution < 1.29 is 9.53 Å². The van der Waals surface area contributed by atoms with E-state index in [1.165, 1.54) is 32.1 Å². The average molecular weight is 211 g/mol. The van der Waals surface area contributed by atoms with Crippen LogP contribution in [0.5, 0.6) is 0 Å². The number of hydrogen-bond acceptors (Lipinski definition) is 3. The molecule has 0 aromatic heterocycles.